The topological polar surface area (TPSA) is 73.2 Å². The molecular weight excluding hydrogens is 402 g/mol. The lowest BCUT2D eigenvalue weighted by molar-refractivity contribution is -0.304. The number of fused-ring (bicyclic) bond motifs is 2. The van der Waals surface area contributed by atoms with Crippen LogP contribution in [0.3, 0.4) is 0 Å². The predicted octanol–water partition coefficient (Wildman–Crippen LogP) is 3.54. The lowest BCUT2D eigenvalue weighted by atomic mass is 9.33. The van der Waals surface area contributed by atoms with Crippen molar-refractivity contribution >= 4 is 0 Å². The molecule has 6 aliphatic rings. The Hall–Kier alpha value is -1.56. The highest BCUT2D eigenvalue weighted by Crippen LogP contribution is 2.77. The first-order valence-electron chi connectivity index (χ1n) is 12.3. The number of hydrogen-bond donors (Lipinski definition) is 3. The zero-order valence-corrected chi connectivity index (χ0v) is 19.8. The van der Waals surface area contributed by atoms with Gasteiger partial charge in [-0.05, 0) is 62.6 Å². The Labute approximate surface area is 191 Å². The summed E-state index contributed by atoms with van der Waals surface area (Å²) < 4.78 is 6.62. The van der Waals surface area contributed by atoms with E-state index in [4.69, 9.17) is 4.74 Å². The first-order chi connectivity index (χ1) is 14.9. The van der Waals surface area contributed by atoms with Crippen molar-refractivity contribution in [2.24, 2.45) is 16.7 Å². The highest BCUT2D eigenvalue weighted by Gasteiger charge is 2.81. The molecule has 0 radical (unpaired) electrons. The van der Waals surface area contributed by atoms with Crippen LogP contribution >= 0.6 is 0 Å². The van der Waals surface area contributed by atoms with Crippen molar-refractivity contribution in [3.05, 3.63) is 35.9 Å². The Morgan fingerprint density at radius 1 is 1.22 bits per heavy atom. The molecule has 0 amide bonds. The van der Waals surface area contributed by atoms with Gasteiger partial charge in [0.15, 0.2) is 11.5 Å². The molecule has 2 heterocycles. The fourth-order valence-corrected chi connectivity index (χ4v) is 8.79. The van der Waals surface area contributed by atoms with E-state index in [0.717, 1.165) is 44.3 Å². The fourth-order valence-electron chi connectivity index (χ4n) is 8.79. The molecule has 174 valence electrons. The first-order valence-corrected chi connectivity index (χ1v) is 12.3. The van der Waals surface area contributed by atoms with E-state index in [1.165, 1.54) is 5.56 Å². The molecule has 4 fully saturated rings. The Bertz CT molecular complexity index is 1010. The Morgan fingerprint density at radius 2 is 1.97 bits per heavy atom. The number of ether oxygens (including phenoxy) is 1. The number of likely N-dealkylation sites (tertiary alicyclic amines) is 1. The maximum Gasteiger partial charge on any atom is 0.165 e. The average Bonchev–Trinajstić information content (AvgIpc) is 3.08. The molecule has 1 aromatic rings. The van der Waals surface area contributed by atoms with Crippen molar-refractivity contribution in [3.8, 4) is 11.5 Å². The molecular formula is C27H37NO4. The maximum atomic E-state index is 12.4. The highest BCUT2D eigenvalue weighted by molar-refractivity contribution is 5.63. The van der Waals surface area contributed by atoms with E-state index in [-0.39, 0.29) is 22.5 Å². The summed E-state index contributed by atoms with van der Waals surface area (Å²) in [6, 6.07) is 4.13. The largest absolute Gasteiger partial charge is 0.504 e. The van der Waals surface area contributed by atoms with Gasteiger partial charge in [0.2, 0.25) is 0 Å². The summed E-state index contributed by atoms with van der Waals surface area (Å²) in [6.45, 7) is 13.9. The molecule has 4 bridgehead atoms. The second kappa shape index (κ2) is 5.92. The maximum absolute atomic E-state index is 12.4. The van der Waals surface area contributed by atoms with E-state index < -0.39 is 22.7 Å². The molecule has 3 saturated carbocycles. The van der Waals surface area contributed by atoms with Crippen LogP contribution in [0.2, 0.25) is 0 Å². The molecule has 3 N–H and O–H groups in total. The first kappa shape index (κ1) is 21.0. The summed E-state index contributed by atoms with van der Waals surface area (Å²) >= 11 is 0. The molecule has 7 atom stereocenters. The number of phenols is 1. The second-order valence-corrected chi connectivity index (χ2v) is 12.5. The highest BCUT2D eigenvalue weighted by atomic mass is 16.5. The number of phenolic OH excluding ortho intramolecular Hbond substituents is 1. The van der Waals surface area contributed by atoms with Crippen LogP contribution in [0, 0.1) is 16.7 Å². The number of aliphatic hydroxyl groups is 2. The summed E-state index contributed by atoms with van der Waals surface area (Å²) in [5.74, 6) is 0.465. The Kier molecular flexibility index (Phi) is 3.88. The van der Waals surface area contributed by atoms with Crippen LogP contribution < -0.4 is 4.74 Å². The van der Waals surface area contributed by atoms with Crippen molar-refractivity contribution in [2.45, 2.75) is 88.6 Å². The Morgan fingerprint density at radius 3 is 2.66 bits per heavy atom. The molecule has 1 saturated heterocycles. The summed E-state index contributed by atoms with van der Waals surface area (Å²) in [6.07, 6.45) is 5.70. The number of hydrogen-bond acceptors (Lipinski definition) is 5. The van der Waals surface area contributed by atoms with Crippen molar-refractivity contribution in [1.82, 2.24) is 4.90 Å². The van der Waals surface area contributed by atoms with Gasteiger partial charge in [-0.15, -0.1) is 6.58 Å². The number of aromatic hydroxyl groups is 1. The normalized spacial score (nSPS) is 43.4. The van der Waals surface area contributed by atoms with Crippen LogP contribution in [0.5, 0.6) is 11.5 Å². The van der Waals surface area contributed by atoms with Crippen LogP contribution in [-0.4, -0.2) is 56.7 Å². The minimum absolute atomic E-state index is 0.102. The molecule has 4 aliphatic carbocycles. The SMILES string of the molecule is C=CCN1CC[C@]23c4c5ccc(O)c4O[C@H]2[C@@]2(O)CCC3(C[C@@H]2[C@](C)(O)C(C)(C)C)[C@H]1C5. The molecule has 2 spiro atoms. The van der Waals surface area contributed by atoms with Gasteiger partial charge in [-0.1, -0.05) is 32.9 Å². The third-order valence-corrected chi connectivity index (χ3v) is 10.7. The van der Waals surface area contributed by atoms with E-state index in [1.54, 1.807) is 6.07 Å². The van der Waals surface area contributed by atoms with E-state index >= 15 is 0 Å². The fraction of sp³-hybridized carbons (Fsp3) is 0.704. The molecule has 32 heavy (non-hydrogen) atoms. The standard InChI is InChI=1S/C27H37NO4/c1-6-12-28-13-11-26-20-16-7-8-17(29)21(20)32-22(26)27(31)10-9-25(26,19(28)14-16)15-18(27)24(5,30)23(2,3)4/h6-8,18-19,22,29-31H,1,9-15H2,2-5H3/t18-,19-,22-,24+,25?,26+,27-/m1/s1. The third-order valence-electron chi connectivity index (χ3n) is 10.7. The summed E-state index contributed by atoms with van der Waals surface area (Å²) in [4.78, 5) is 2.57. The monoisotopic (exact) mass is 439 g/mol. The van der Waals surface area contributed by atoms with Crippen molar-refractivity contribution in [3.63, 3.8) is 0 Å². The van der Waals surface area contributed by atoms with Gasteiger partial charge in [0.1, 0.15) is 11.7 Å². The Balaban J connectivity index is 1.62. The van der Waals surface area contributed by atoms with Crippen molar-refractivity contribution in [2.75, 3.05) is 13.1 Å². The number of piperidine rings is 1. The van der Waals surface area contributed by atoms with Gasteiger partial charge >= 0.3 is 0 Å². The van der Waals surface area contributed by atoms with Crippen LogP contribution in [0.15, 0.2) is 24.8 Å². The summed E-state index contributed by atoms with van der Waals surface area (Å²) in [7, 11) is 0. The summed E-state index contributed by atoms with van der Waals surface area (Å²) in [5, 5.41) is 35.1. The van der Waals surface area contributed by atoms with Gasteiger partial charge in [-0.3, -0.25) is 4.90 Å². The quantitative estimate of drug-likeness (QED) is 0.629. The van der Waals surface area contributed by atoms with Crippen molar-refractivity contribution < 1.29 is 20.1 Å². The van der Waals surface area contributed by atoms with E-state index in [2.05, 4.69) is 38.3 Å². The van der Waals surface area contributed by atoms with E-state index in [1.807, 2.05) is 13.0 Å². The number of nitrogens with zero attached hydrogens (tertiary/aromatic N) is 1. The lowest BCUT2D eigenvalue weighted by Crippen LogP contribution is -2.82. The molecule has 0 aromatic heterocycles. The lowest BCUT2D eigenvalue weighted by Gasteiger charge is -2.74. The van der Waals surface area contributed by atoms with E-state index in [0.29, 0.717) is 18.2 Å². The third kappa shape index (κ3) is 2.04. The predicted molar refractivity (Wildman–Crippen MR) is 123 cm³/mol. The molecule has 1 aromatic carbocycles. The summed E-state index contributed by atoms with van der Waals surface area (Å²) in [5.41, 5.74) is -0.593. The van der Waals surface area contributed by atoms with Gasteiger partial charge in [-0.25, -0.2) is 0 Å². The van der Waals surface area contributed by atoms with Crippen LogP contribution in [0.25, 0.3) is 0 Å². The van der Waals surface area contributed by atoms with Crippen LogP contribution in [-0.2, 0) is 11.8 Å². The zero-order chi connectivity index (χ0) is 22.9. The van der Waals surface area contributed by atoms with Gasteiger partial charge in [0.25, 0.3) is 0 Å². The van der Waals surface area contributed by atoms with Gasteiger partial charge in [0, 0.05) is 34.9 Å². The molecule has 2 aliphatic heterocycles. The zero-order valence-electron chi connectivity index (χ0n) is 19.8. The molecule has 5 heteroatoms. The van der Waals surface area contributed by atoms with Crippen molar-refractivity contribution in [1.29, 1.82) is 0 Å². The average molecular weight is 440 g/mol. The molecule has 1 unspecified atom stereocenters. The van der Waals surface area contributed by atoms with Crippen LogP contribution in [0.1, 0.15) is 64.5 Å². The number of benzene rings is 1. The number of rotatable bonds is 3. The molecule has 7 rings (SSSR count). The van der Waals surface area contributed by atoms with Crippen LogP contribution in [0.4, 0.5) is 0 Å². The van der Waals surface area contributed by atoms with E-state index in [9.17, 15) is 15.3 Å². The van der Waals surface area contributed by atoms with Gasteiger partial charge in [0.05, 0.1) is 5.60 Å². The second-order valence-electron chi connectivity index (χ2n) is 12.5. The minimum atomic E-state index is -1.14. The minimum Gasteiger partial charge on any atom is -0.504 e. The molecule has 5 nitrogen and oxygen atoms in total. The van der Waals surface area contributed by atoms with Gasteiger partial charge in [-0.2, -0.15) is 0 Å². The van der Waals surface area contributed by atoms with Gasteiger partial charge < -0.3 is 20.1 Å². The smallest absolute Gasteiger partial charge is 0.165 e.